The summed E-state index contributed by atoms with van der Waals surface area (Å²) in [4.78, 5) is 8.10. The summed E-state index contributed by atoms with van der Waals surface area (Å²) >= 11 is 0. The van der Waals surface area contributed by atoms with Crippen LogP contribution in [-0.4, -0.2) is 28.7 Å². The molecule has 2 heterocycles. The smallest absolute Gasteiger partial charge is 0.242 e. The molecule has 2 aliphatic heterocycles. The van der Waals surface area contributed by atoms with Crippen molar-refractivity contribution >= 4 is 12.2 Å². The maximum Gasteiger partial charge on any atom is 0.242 e. The standard InChI is InChI=1S/C11H9N3O2/c15-14-7-12-6-9-11(14)16-10(13-9)8-4-2-1-3-5-8/h1-7,11,15H. The molecule has 1 aromatic rings. The first-order chi connectivity index (χ1) is 7.84. The minimum Gasteiger partial charge on any atom is -0.445 e. The number of hydrogen-bond donors (Lipinski definition) is 1. The lowest BCUT2D eigenvalue weighted by atomic mass is 10.2. The van der Waals surface area contributed by atoms with Gasteiger partial charge in [0, 0.05) is 5.56 Å². The lowest BCUT2D eigenvalue weighted by Gasteiger charge is -2.21. The molecule has 0 bridgehead atoms. The van der Waals surface area contributed by atoms with Crippen LogP contribution in [0.2, 0.25) is 0 Å². The summed E-state index contributed by atoms with van der Waals surface area (Å²) in [7, 11) is 0. The second-order valence-electron chi connectivity index (χ2n) is 3.45. The topological polar surface area (TPSA) is 57.4 Å². The molecule has 16 heavy (non-hydrogen) atoms. The monoisotopic (exact) mass is 215 g/mol. The third-order valence-corrected chi connectivity index (χ3v) is 2.36. The van der Waals surface area contributed by atoms with Gasteiger partial charge in [0.1, 0.15) is 12.0 Å². The van der Waals surface area contributed by atoms with E-state index in [2.05, 4.69) is 9.98 Å². The third-order valence-electron chi connectivity index (χ3n) is 2.36. The van der Waals surface area contributed by atoms with Crippen LogP contribution in [0.4, 0.5) is 0 Å². The molecule has 0 amide bonds. The summed E-state index contributed by atoms with van der Waals surface area (Å²) in [6.07, 6.45) is 2.29. The van der Waals surface area contributed by atoms with Crippen molar-refractivity contribution in [3.05, 3.63) is 47.8 Å². The van der Waals surface area contributed by atoms with Crippen LogP contribution in [0.3, 0.4) is 0 Å². The summed E-state index contributed by atoms with van der Waals surface area (Å²) in [6.45, 7) is 0. The Morgan fingerprint density at radius 3 is 2.81 bits per heavy atom. The Kier molecular flexibility index (Phi) is 1.97. The molecule has 0 fully saturated rings. The zero-order valence-electron chi connectivity index (χ0n) is 8.32. The summed E-state index contributed by atoms with van der Waals surface area (Å²) < 4.78 is 5.53. The molecule has 0 aromatic heterocycles. The molecule has 3 rings (SSSR count). The van der Waals surface area contributed by atoms with E-state index in [9.17, 15) is 5.21 Å². The quantitative estimate of drug-likeness (QED) is 0.769. The molecule has 80 valence electrons. The maximum atomic E-state index is 9.49. The zero-order valence-corrected chi connectivity index (χ0v) is 8.32. The number of hydrogen-bond acceptors (Lipinski definition) is 5. The molecule has 5 heteroatoms. The van der Waals surface area contributed by atoms with E-state index in [1.54, 1.807) is 6.20 Å². The molecule has 5 nitrogen and oxygen atoms in total. The fourth-order valence-corrected chi connectivity index (χ4v) is 1.60. The van der Waals surface area contributed by atoms with Crippen LogP contribution in [0.5, 0.6) is 0 Å². The Labute approximate surface area is 92.0 Å². The van der Waals surface area contributed by atoms with E-state index in [-0.39, 0.29) is 0 Å². The minimum atomic E-state index is -0.576. The van der Waals surface area contributed by atoms with Crippen molar-refractivity contribution in [2.45, 2.75) is 6.23 Å². The minimum absolute atomic E-state index is 0.501. The van der Waals surface area contributed by atoms with Gasteiger partial charge in [-0.25, -0.2) is 15.0 Å². The zero-order chi connectivity index (χ0) is 11.0. The number of ether oxygens (including phenoxy) is 1. The highest BCUT2D eigenvalue weighted by Crippen LogP contribution is 2.24. The van der Waals surface area contributed by atoms with Gasteiger partial charge >= 0.3 is 0 Å². The van der Waals surface area contributed by atoms with Crippen LogP contribution >= 0.6 is 0 Å². The fraction of sp³-hybridized carbons (Fsp3) is 0.0909. The Balaban J connectivity index is 1.94. The molecule has 0 saturated carbocycles. The molecule has 1 aromatic carbocycles. The Morgan fingerprint density at radius 1 is 1.25 bits per heavy atom. The van der Waals surface area contributed by atoms with E-state index in [1.165, 1.54) is 6.34 Å². The molecule has 1 atom stereocenters. The van der Waals surface area contributed by atoms with Gasteiger partial charge in [-0.1, -0.05) is 18.2 Å². The van der Waals surface area contributed by atoms with Gasteiger partial charge < -0.3 is 4.74 Å². The number of benzene rings is 1. The molecule has 1 N–H and O–H groups in total. The van der Waals surface area contributed by atoms with Gasteiger partial charge in [0.2, 0.25) is 12.1 Å². The van der Waals surface area contributed by atoms with E-state index in [1.807, 2.05) is 30.3 Å². The normalized spacial score (nSPS) is 22.3. The van der Waals surface area contributed by atoms with Crippen LogP contribution in [0.15, 0.2) is 52.2 Å². The summed E-state index contributed by atoms with van der Waals surface area (Å²) in [5.41, 5.74) is 1.48. The molecule has 0 spiro atoms. The van der Waals surface area contributed by atoms with Crippen molar-refractivity contribution in [2.75, 3.05) is 0 Å². The number of hydroxylamine groups is 2. The van der Waals surface area contributed by atoms with Crippen molar-refractivity contribution in [2.24, 2.45) is 9.98 Å². The first-order valence-electron chi connectivity index (χ1n) is 4.86. The second-order valence-corrected chi connectivity index (χ2v) is 3.45. The lowest BCUT2D eigenvalue weighted by molar-refractivity contribution is -0.104. The molecule has 0 radical (unpaired) electrons. The molecule has 0 saturated heterocycles. The van der Waals surface area contributed by atoms with Gasteiger partial charge in [-0.2, -0.15) is 0 Å². The van der Waals surface area contributed by atoms with E-state index in [4.69, 9.17) is 4.74 Å². The van der Waals surface area contributed by atoms with Crippen molar-refractivity contribution in [1.29, 1.82) is 0 Å². The number of aliphatic imine (C=N–C) groups is 2. The highest BCUT2D eigenvalue weighted by molar-refractivity contribution is 5.96. The third kappa shape index (κ3) is 1.38. The van der Waals surface area contributed by atoms with E-state index < -0.39 is 6.23 Å². The predicted molar refractivity (Wildman–Crippen MR) is 58.1 cm³/mol. The van der Waals surface area contributed by atoms with Crippen LogP contribution in [-0.2, 0) is 4.74 Å². The van der Waals surface area contributed by atoms with E-state index in [0.717, 1.165) is 10.6 Å². The van der Waals surface area contributed by atoms with Crippen LogP contribution in [0.25, 0.3) is 0 Å². The molecule has 0 aliphatic carbocycles. The Morgan fingerprint density at radius 2 is 2.06 bits per heavy atom. The average Bonchev–Trinajstić information content (AvgIpc) is 2.76. The lowest BCUT2D eigenvalue weighted by Crippen LogP contribution is -2.34. The van der Waals surface area contributed by atoms with Gasteiger partial charge in [0.15, 0.2) is 0 Å². The Bertz CT molecular complexity index is 493. The SMILES string of the molecule is ON1C=NC=C2N=C(c3ccccc3)OC21. The first-order valence-corrected chi connectivity index (χ1v) is 4.86. The highest BCUT2D eigenvalue weighted by atomic mass is 16.6. The van der Waals surface area contributed by atoms with Gasteiger partial charge in [-0.15, -0.1) is 0 Å². The fourth-order valence-electron chi connectivity index (χ4n) is 1.60. The van der Waals surface area contributed by atoms with Gasteiger partial charge in [0.25, 0.3) is 0 Å². The molecule has 2 aliphatic rings. The highest BCUT2D eigenvalue weighted by Gasteiger charge is 2.31. The summed E-state index contributed by atoms with van der Waals surface area (Å²) in [5.74, 6) is 0.501. The number of fused-ring (bicyclic) bond motifs is 1. The molecular weight excluding hydrogens is 206 g/mol. The number of nitrogens with zero attached hydrogens (tertiary/aromatic N) is 3. The largest absolute Gasteiger partial charge is 0.445 e. The summed E-state index contributed by atoms with van der Waals surface area (Å²) in [6, 6.07) is 9.54. The number of rotatable bonds is 1. The first kappa shape index (κ1) is 9.11. The van der Waals surface area contributed by atoms with Crippen LogP contribution < -0.4 is 0 Å². The van der Waals surface area contributed by atoms with Crippen molar-refractivity contribution < 1.29 is 9.94 Å². The van der Waals surface area contributed by atoms with E-state index in [0.29, 0.717) is 11.6 Å². The van der Waals surface area contributed by atoms with E-state index >= 15 is 0 Å². The molecule has 1 unspecified atom stereocenters. The van der Waals surface area contributed by atoms with Crippen molar-refractivity contribution in [3.63, 3.8) is 0 Å². The van der Waals surface area contributed by atoms with Crippen LogP contribution in [0, 0.1) is 0 Å². The van der Waals surface area contributed by atoms with Crippen molar-refractivity contribution in [1.82, 2.24) is 5.06 Å². The van der Waals surface area contributed by atoms with Gasteiger partial charge in [-0.05, 0) is 12.1 Å². The second kappa shape index (κ2) is 3.46. The average molecular weight is 215 g/mol. The predicted octanol–water partition coefficient (Wildman–Crippen LogP) is 1.36. The van der Waals surface area contributed by atoms with Gasteiger partial charge in [0.05, 0.1) is 6.20 Å². The maximum absolute atomic E-state index is 9.49. The van der Waals surface area contributed by atoms with Gasteiger partial charge in [-0.3, -0.25) is 5.21 Å². The Hall–Kier alpha value is -2.14. The van der Waals surface area contributed by atoms with Crippen molar-refractivity contribution in [3.8, 4) is 0 Å². The molecular formula is C11H9N3O2. The van der Waals surface area contributed by atoms with Crippen LogP contribution in [0.1, 0.15) is 5.56 Å². The summed E-state index contributed by atoms with van der Waals surface area (Å²) in [5, 5.41) is 10.4.